The van der Waals surface area contributed by atoms with Crippen LogP contribution in [-0.4, -0.2) is 11.9 Å². The van der Waals surface area contributed by atoms with Gasteiger partial charge in [-0.15, -0.1) is 0 Å². The van der Waals surface area contributed by atoms with Gasteiger partial charge in [0.2, 0.25) is 0 Å². The van der Waals surface area contributed by atoms with Gasteiger partial charge in [-0.3, -0.25) is 9.59 Å². The number of hydrogen-bond donors (Lipinski definition) is 0. The van der Waals surface area contributed by atoms with E-state index in [1.807, 2.05) is 56.3 Å². The van der Waals surface area contributed by atoms with Gasteiger partial charge < -0.3 is 4.90 Å². The highest BCUT2D eigenvalue weighted by Gasteiger charge is 2.36. The van der Waals surface area contributed by atoms with E-state index in [9.17, 15) is 9.59 Å². The van der Waals surface area contributed by atoms with Gasteiger partial charge in [-0.05, 0) is 31.5 Å². The summed E-state index contributed by atoms with van der Waals surface area (Å²) in [6.45, 7) is 3.98. The fraction of sp³-hybridized carbons (Fsp3) is 0.158. The van der Waals surface area contributed by atoms with E-state index >= 15 is 0 Å². The summed E-state index contributed by atoms with van der Waals surface area (Å²) in [6, 6.07) is 15.0. The van der Waals surface area contributed by atoms with Gasteiger partial charge in [0.15, 0.2) is 5.43 Å². The molecule has 3 aromatic rings. The van der Waals surface area contributed by atoms with Gasteiger partial charge in [-0.25, -0.2) is 0 Å². The van der Waals surface area contributed by atoms with Gasteiger partial charge >= 0.3 is 0 Å². The largest absolute Gasteiger partial charge is 0.305 e. The molecule has 0 unspecified atom stereocenters. The maximum atomic E-state index is 13.1. The van der Waals surface area contributed by atoms with Crippen LogP contribution in [0.1, 0.15) is 24.2 Å². The predicted octanol–water partition coefficient (Wildman–Crippen LogP) is 3.63. The summed E-state index contributed by atoms with van der Waals surface area (Å²) in [5, 5.41) is 0. The van der Waals surface area contributed by atoms with E-state index in [-0.39, 0.29) is 17.4 Å². The summed E-state index contributed by atoms with van der Waals surface area (Å²) < 4.78 is 0. The molecule has 0 saturated carbocycles. The normalized spacial score (nSPS) is 13.6. The highest BCUT2D eigenvalue weighted by molar-refractivity contribution is 6.17. The third-order valence-electron chi connectivity index (χ3n) is 4.24. The van der Waals surface area contributed by atoms with Crippen LogP contribution in [0.4, 0.5) is 5.69 Å². The van der Waals surface area contributed by atoms with Crippen LogP contribution in [0, 0.1) is 0 Å². The Labute approximate surface area is 128 Å². The average molecular weight is 289 g/mol. The number of amides is 1. The van der Waals surface area contributed by atoms with Crippen molar-refractivity contribution in [1.29, 1.82) is 0 Å². The number of para-hydroxylation sites is 1. The van der Waals surface area contributed by atoms with Crippen molar-refractivity contribution < 1.29 is 4.79 Å². The van der Waals surface area contributed by atoms with Crippen LogP contribution in [-0.2, 0) is 0 Å². The number of carbonyl (C=O) groups excluding carboxylic acids is 1. The third-order valence-corrected chi connectivity index (χ3v) is 4.24. The fourth-order valence-electron chi connectivity index (χ4n) is 3.22. The highest BCUT2D eigenvalue weighted by Crippen LogP contribution is 2.44. The zero-order chi connectivity index (χ0) is 15.4. The van der Waals surface area contributed by atoms with E-state index in [1.165, 1.54) is 0 Å². The maximum Gasteiger partial charge on any atom is 0.259 e. The van der Waals surface area contributed by atoms with Crippen molar-refractivity contribution in [2.75, 3.05) is 4.90 Å². The molecule has 0 saturated heterocycles. The monoisotopic (exact) mass is 289 g/mol. The van der Waals surface area contributed by atoms with Crippen molar-refractivity contribution in [2.45, 2.75) is 19.9 Å². The molecule has 0 atom stereocenters. The highest BCUT2D eigenvalue weighted by atomic mass is 16.2. The quantitative estimate of drug-likeness (QED) is 0.686. The van der Waals surface area contributed by atoms with Gasteiger partial charge in [0.05, 0.1) is 5.69 Å². The molecule has 1 aliphatic rings. The number of anilines is 1. The Hall–Kier alpha value is -2.68. The molecule has 1 amide bonds. The van der Waals surface area contributed by atoms with Crippen molar-refractivity contribution in [2.24, 2.45) is 0 Å². The first kappa shape index (κ1) is 13.0. The van der Waals surface area contributed by atoms with E-state index < -0.39 is 0 Å². The summed E-state index contributed by atoms with van der Waals surface area (Å²) in [4.78, 5) is 27.2. The summed E-state index contributed by atoms with van der Waals surface area (Å²) in [6.07, 6.45) is 0. The number of benzene rings is 2. The van der Waals surface area contributed by atoms with Gasteiger partial charge in [0.25, 0.3) is 5.91 Å². The summed E-state index contributed by atoms with van der Waals surface area (Å²) >= 11 is 0. The molecule has 0 aromatic heterocycles. The molecule has 3 heteroatoms. The Balaban J connectivity index is 2.09. The average Bonchev–Trinajstić information content (AvgIpc) is 3.17. The minimum absolute atomic E-state index is 0.0118. The fourth-order valence-corrected chi connectivity index (χ4v) is 3.22. The van der Waals surface area contributed by atoms with E-state index in [4.69, 9.17) is 0 Å². The molecule has 0 radical (unpaired) electrons. The number of rotatable bonds is 1. The van der Waals surface area contributed by atoms with Crippen LogP contribution in [0.15, 0.2) is 53.3 Å². The first-order chi connectivity index (χ1) is 10.6. The molecule has 4 rings (SSSR count). The van der Waals surface area contributed by atoms with Gasteiger partial charge in [0, 0.05) is 28.3 Å². The first-order valence-electron chi connectivity index (χ1n) is 7.42. The van der Waals surface area contributed by atoms with E-state index in [1.54, 1.807) is 11.0 Å². The second-order valence-electron chi connectivity index (χ2n) is 5.91. The van der Waals surface area contributed by atoms with Crippen molar-refractivity contribution in [3.05, 3.63) is 64.3 Å². The topological polar surface area (TPSA) is 37.4 Å². The Bertz CT molecular complexity index is 913. The Morgan fingerprint density at radius 3 is 2.00 bits per heavy atom. The Kier molecular flexibility index (Phi) is 2.61. The lowest BCUT2D eigenvalue weighted by atomic mass is 9.98. The summed E-state index contributed by atoms with van der Waals surface area (Å²) in [5.41, 5.74) is 4.53. The van der Waals surface area contributed by atoms with Crippen molar-refractivity contribution in [1.82, 2.24) is 0 Å². The number of carbonyl (C=O) groups is 1. The van der Waals surface area contributed by atoms with E-state index in [2.05, 4.69) is 0 Å². The molecule has 1 aliphatic heterocycles. The molecule has 0 fully saturated rings. The molecule has 3 nitrogen and oxygen atoms in total. The minimum Gasteiger partial charge on any atom is -0.305 e. The third kappa shape index (κ3) is 1.62. The first-order valence-corrected chi connectivity index (χ1v) is 7.42. The maximum absolute atomic E-state index is 13.1. The lowest BCUT2D eigenvalue weighted by Crippen LogP contribution is -2.37. The second kappa shape index (κ2) is 4.41. The van der Waals surface area contributed by atoms with Crippen LogP contribution >= 0.6 is 0 Å². The molecular formula is C19H15NO2. The molecule has 0 spiro atoms. The summed E-state index contributed by atoms with van der Waals surface area (Å²) in [7, 11) is 0. The Morgan fingerprint density at radius 1 is 0.773 bits per heavy atom. The molecule has 108 valence electrons. The lowest BCUT2D eigenvalue weighted by molar-refractivity contribution is 0.0981. The van der Waals surface area contributed by atoms with Crippen LogP contribution < -0.4 is 10.3 Å². The molecule has 0 bridgehead atoms. The Morgan fingerprint density at radius 2 is 1.32 bits per heavy atom. The van der Waals surface area contributed by atoms with Crippen LogP contribution in [0.5, 0.6) is 0 Å². The van der Waals surface area contributed by atoms with Crippen molar-refractivity contribution in [3.63, 3.8) is 0 Å². The lowest BCUT2D eigenvalue weighted by Gasteiger charge is -2.30. The van der Waals surface area contributed by atoms with Gasteiger partial charge in [-0.1, -0.05) is 36.4 Å². The second-order valence-corrected chi connectivity index (χ2v) is 5.91. The van der Waals surface area contributed by atoms with Gasteiger partial charge in [-0.2, -0.15) is 0 Å². The number of fused-ring (bicyclic) bond motifs is 5. The molecule has 1 heterocycles. The molecule has 0 N–H and O–H groups in total. The molecule has 22 heavy (non-hydrogen) atoms. The van der Waals surface area contributed by atoms with Crippen LogP contribution in [0.3, 0.4) is 0 Å². The van der Waals surface area contributed by atoms with Crippen molar-refractivity contribution in [3.8, 4) is 22.3 Å². The SMILES string of the molecule is CC(C)N1C(=O)c2ccccc2-c2c(c2=O)-c2ccccc21. The number of hydrogen-bond acceptors (Lipinski definition) is 2. The van der Waals surface area contributed by atoms with E-state index in [0.29, 0.717) is 11.1 Å². The standard InChI is InChI=1S/C19H15NO2/c1-11(2)20-15-10-6-5-9-14(15)17-16(18(17)21)12-7-3-4-8-13(12)19(20)22/h3-11H,1-2H3. The summed E-state index contributed by atoms with van der Waals surface area (Å²) in [5.74, 6) is -0.0516. The smallest absolute Gasteiger partial charge is 0.259 e. The van der Waals surface area contributed by atoms with Crippen LogP contribution in [0.2, 0.25) is 0 Å². The molecular weight excluding hydrogens is 274 g/mol. The minimum atomic E-state index is -0.0516. The van der Waals surface area contributed by atoms with Gasteiger partial charge in [0.1, 0.15) is 0 Å². The van der Waals surface area contributed by atoms with E-state index in [0.717, 1.165) is 22.4 Å². The number of nitrogens with zero attached hydrogens (tertiary/aromatic N) is 1. The predicted molar refractivity (Wildman–Crippen MR) is 87.9 cm³/mol. The molecule has 0 aliphatic carbocycles. The zero-order valence-electron chi connectivity index (χ0n) is 12.5. The van der Waals surface area contributed by atoms with Crippen molar-refractivity contribution >= 4 is 11.6 Å². The molecule has 3 aromatic carbocycles. The van der Waals surface area contributed by atoms with Crippen LogP contribution in [0.25, 0.3) is 22.3 Å². The zero-order valence-corrected chi connectivity index (χ0v) is 12.5.